The van der Waals surface area contributed by atoms with Crippen molar-refractivity contribution in [3.63, 3.8) is 0 Å². The predicted molar refractivity (Wildman–Crippen MR) is 125 cm³/mol. The largest absolute Gasteiger partial charge is 0.302 e. The number of thiazole rings is 1. The Balaban J connectivity index is 1.97. The average Bonchev–Trinajstić information content (AvgIpc) is 3.14. The molecule has 2 aromatic carbocycles. The van der Waals surface area contributed by atoms with Crippen LogP contribution in [0.15, 0.2) is 51.8 Å². The second-order valence-electron chi connectivity index (χ2n) is 6.29. The van der Waals surface area contributed by atoms with Crippen molar-refractivity contribution in [2.45, 2.75) is 18.7 Å². The lowest BCUT2D eigenvalue weighted by atomic mass is 10.2. The minimum absolute atomic E-state index is 0.0243. The first-order valence-corrected chi connectivity index (χ1v) is 12.1. The zero-order chi connectivity index (χ0) is 20.1. The van der Waals surface area contributed by atoms with Crippen LogP contribution in [0, 0.1) is 0 Å². The molecule has 0 bridgehead atoms. The maximum Gasteiger partial charge on any atom is 0.261 e. The van der Waals surface area contributed by atoms with Crippen LogP contribution in [0.2, 0.25) is 0 Å². The van der Waals surface area contributed by atoms with Crippen LogP contribution >= 0.6 is 39.0 Å². The standard InChI is InChI=1S/C21H24BrN3OS2/c1-4-24(5-2)12-13-25(20(26)16-8-6-7-9-17(16)22)21-23-18-11-10-15(27-3)14-19(18)28-21/h6-11,14H,4-5,12-13H2,1-3H3. The van der Waals surface area contributed by atoms with E-state index in [9.17, 15) is 4.79 Å². The van der Waals surface area contributed by atoms with Gasteiger partial charge in [0.15, 0.2) is 5.13 Å². The minimum Gasteiger partial charge on any atom is -0.302 e. The van der Waals surface area contributed by atoms with Crippen molar-refractivity contribution in [2.75, 3.05) is 37.3 Å². The van der Waals surface area contributed by atoms with Gasteiger partial charge in [0, 0.05) is 22.5 Å². The lowest BCUT2D eigenvalue weighted by Gasteiger charge is -2.25. The molecule has 1 amide bonds. The molecule has 0 radical (unpaired) electrons. The fraction of sp³-hybridized carbons (Fsp3) is 0.333. The number of rotatable bonds is 8. The second-order valence-corrected chi connectivity index (χ2v) is 9.04. The minimum atomic E-state index is -0.0243. The summed E-state index contributed by atoms with van der Waals surface area (Å²) in [5.74, 6) is -0.0243. The number of anilines is 1. The van der Waals surface area contributed by atoms with Gasteiger partial charge in [-0.1, -0.05) is 37.3 Å². The van der Waals surface area contributed by atoms with E-state index in [4.69, 9.17) is 4.98 Å². The highest BCUT2D eigenvalue weighted by molar-refractivity contribution is 9.10. The van der Waals surface area contributed by atoms with Gasteiger partial charge < -0.3 is 4.90 Å². The monoisotopic (exact) mass is 477 g/mol. The highest BCUT2D eigenvalue weighted by Crippen LogP contribution is 2.33. The van der Waals surface area contributed by atoms with Gasteiger partial charge in [-0.3, -0.25) is 9.69 Å². The summed E-state index contributed by atoms with van der Waals surface area (Å²) in [5.41, 5.74) is 1.59. The smallest absolute Gasteiger partial charge is 0.261 e. The molecule has 1 heterocycles. The highest BCUT2D eigenvalue weighted by atomic mass is 79.9. The Morgan fingerprint density at radius 1 is 1.14 bits per heavy atom. The van der Waals surface area contributed by atoms with Crippen LogP contribution in [-0.2, 0) is 0 Å². The van der Waals surface area contributed by atoms with Crippen LogP contribution in [0.3, 0.4) is 0 Å². The molecule has 0 N–H and O–H groups in total. The van der Waals surface area contributed by atoms with Gasteiger partial charge in [0.2, 0.25) is 0 Å². The number of hydrogen-bond acceptors (Lipinski definition) is 5. The Hall–Kier alpha value is -1.41. The van der Waals surface area contributed by atoms with E-state index in [2.05, 4.69) is 53.1 Å². The summed E-state index contributed by atoms with van der Waals surface area (Å²) < 4.78 is 1.91. The molecule has 3 aromatic rings. The first-order chi connectivity index (χ1) is 13.6. The van der Waals surface area contributed by atoms with Gasteiger partial charge in [-0.25, -0.2) is 4.98 Å². The number of halogens is 1. The number of nitrogens with zero attached hydrogens (tertiary/aromatic N) is 3. The van der Waals surface area contributed by atoms with Gasteiger partial charge in [-0.2, -0.15) is 0 Å². The summed E-state index contributed by atoms with van der Waals surface area (Å²) in [4.78, 5) is 23.5. The molecule has 0 saturated carbocycles. The van der Waals surface area contributed by atoms with E-state index in [1.807, 2.05) is 35.2 Å². The molecule has 0 saturated heterocycles. The third kappa shape index (κ3) is 4.76. The van der Waals surface area contributed by atoms with E-state index < -0.39 is 0 Å². The van der Waals surface area contributed by atoms with Crippen LogP contribution in [0.5, 0.6) is 0 Å². The number of benzene rings is 2. The molecular formula is C21H24BrN3OS2. The third-order valence-electron chi connectivity index (χ3n) is 4.70. The Morgan fingerprint density at radius 2 is 1.89 bits per heavy atom. The van der Waals surface area contributed by atoms with Gasteiger partial charge in [-0.05, 0) is 65.6 Å². The molecule has 28 heavy (non-hydrogen) atoms. The van der Waals surface area contributed by atoms with Gasteiger partial charge in [0.25, 0.3) is 5.91 Å². The lowest BCUT2D eigenvalue weighted by Crippen LogP contribution is -2.39. The lowest BCUT2D eigenvalue weighted by molar-refractivity contribution is 0.0983. The molecule has 4 nitrogen and oxygen atoms in total. The molecule has 148 valence electrons. The van der Waals surface area contributed by atoms with E-state index in [1.54, 1.807) is 23.1 Å². The number of carbonyl (C=O) groups is 1. The van der Waals surface area contributed by atoms with Gasteiger partial charge in [0.05, 0.1) is 15.8 Å². The van der Waals surface area contributed by atoms with Gasteiger partial charge >= 0.3 is 0 Å². The summed E-state index contributed by atoms with van der Waals surface area (Å²) in [6.07, 6.45) is 2.07. The van der Waals surface area contributed by atoms with E-state index >= 15 is 0 Å². The zero-order valence-electron chi connectivity index (χ0n) is 16.3. The zero-order valence-corrected chi connectivity index (χ0v) is 19.5. The predicted octanol–water partition coefficient (Wildman–Crippen LogP) is 5.77. The van der Waals surface area contributed by atoms with Crippen molar-refractivity contribution in [1.29, 1.82) is 0 Å². The van der Waals surface area contributed by atoms with Crippen LogP contribution in [0.25, 0.3) is 10.2 Å². The molecule has 1 aromatic heterocycles. The number of carbonyl (C=O) groups excluding carboxylic acids is 1. The van der Waals surface area contributed by atoms with E-state index in [0.29, 0.717) is 12.1 Å². The maximum atomic E-state index is 13.4. The Kier molecular flexibility index (Phi) is 7.51. The van der Waals surface area contributed by atoms with E-state index in [0.717, 1.165) is 39.5 Å². The molecule has 0 unspecified atom stereocenters. The van der Waals surface area contributed by atoms with E-state index in [1.165, 1.54) is 4.90 Å². The number of amides is 1. The molecule has 3 rings (SSSR count). The quantitative estimate of drug-likeness (QED) is 0.385. The fourth-order valence-electron chi connectivity index (χ4n) is 2.98. The van der Waals surface area contributed by atoms with E-state index in [-0.39, 0.29) is 5.91 Å². The van der Waals surface area contributed by atoms with Crippen molar-refractivity contribution in [2.24, 2.45) is 0 Å². The first kappa shape index (κ1) is 21.3. The van der Waals surface area contributed by atoms with Crippen LogP contribution in [0.1, 0.15) is 24.2 Å². The molecule has 0 aliphatic rings. The molecule has 0 fully saturated rings. The van der Waals surface area contributed by atoms with Crippen molar-refractivity contribution >= 4 is 60.3 Å². The van der Waals surface area contributed by atoms with Crippen molar-refractivity contribution in [3.8, 4) is 0 Å². The number of hydrogen-bond donors (Lipinski definition) is 0. The second kappa shape index (κ2) is 9.87. The highest BCUT2D eigenvalue weighted by Gasteiger charge is 2.23. The molecule has 0 aliphatic carbocycles. The van der Waals surface area contributed by atoms with Crippen LogP contribution < -0.4 is 4.90 Å². The summed E-state index contributed by atoms with van der Waals surface area (Å²) in [6, 6.07) is 13.8. The van der Waals surface area contributed by atoms with Gasteiger partial charge in [0.1, 0.15) is 0 Å². The fourth-order valence-corrected chi connectivity index (χ4v) is 4.98. The normalized spacial score (nSPS) is 11.3. The van der Waals surface area contributed by atoms with Crippen molar-refractivity contribution < 1.29 is 4.79 Å². The number of aromatic nitrogens is 1. The van der Waals surface area contributed by atoms with Crippen LogP contribution in [-0.4, -0.2) is 48.2 Å². The summed E-state index contributed by atoms with van der Waals surface area (Å²) in [6.45, 7) is 7.64. The summed E-state index contributed by atoms with van der Waals surface area (Å²) in [7, 11) is 0. The number of fused-ring (bicyclic) bond motifs is 1. The maximum absolute atomic E-state index is 13.4. The molecule has 0 aliphatic heterocycles. The van der Waals surface area contributed by atoms with Gasteiger partial charge in [-0.15, -0.1) is 11.8 Å². The topological polar surface area (TPSA) is 36.4 Å². The number of thioether (sulfide) groups is 1. The number of likely N-dealkylation sites (N-methyl/N-ethyl adjacent to an activating group) is 1. The molecule has 0 spiro atoms. The first-order valence-electron chi connectivity index (χ1n) is 9.30. The Morgan fingerprint density at radius 3 is 2.57 bits per heavy atom. The Bertz CT molecular complexity index is 956. The molecule has 0 atom stereocenters. The molecule has 7 heteroatoms. The van der Waals surface area contributed by atoms with Crippen molar-refractivity contribution in [3.05, 3.63) is 52.5 Å². The third-order valence-corrected chi connectivity index (χ3v) is 7.16. The SMILES string of the molecule is CCN(CC)CCN(C(=O)c1ccccc1Br)c1nc2ccc(SC)cc2s1. The van der Waals surface area contributed by atoms with Crippen LogP contribution in [0.4, 0.5) is 5.13 Å². The van der Waals surface area contributed by atoms with Crippen molar-refractivity contribution in [1.82, 2.24) is 9.88 Å². The average molecular weight is 478 g/mol. The molecular weight excluding hydrogens is 454 g/mol. The summed E-state index contributed by atoms with van der Waals surface area (Å²) >= 11 is 6.81. The summed E-state index contributed by atoms with van der Waals surface area (Å²) in [5, 5.41) is 0.751. The Labute approximate surface area is 183 Å².